The number of amides is 2. The van der Waals surface area contributed by atoms with E-state index in [0.29, 0.717) is 6.54 Å². The van der Waals surface area contributed by atoms with Crippen LogP contribution < -0.4 is 16.5 Å². The maximum atomic E-state index is 12.6. The molecule has 0 aliphatic heterocycles. The molecule has 0 aliphatic rings. The topological polar surface area (TPSA) is 85.1 Å². The van der Waals surface area contributed by atoms with Crippen molar-refractivity contribution in [2.75, 3.05) is 5.75 Å². The fourth-order valence-corrected chi connectivity index (χ4v) is 3.73. The van der Waals surface area contributed by atoms with Crippen molar-refractivity contribution in [2.45, 2.75) is 38.3 Å². The third-order valence-corrected chi connectivity index (χ3v) is 5.55. The number of hydrogen-bond acceptors (Lipinski definition) is 4. The Morgan fingerprint density at radius 3 is 2.21 bits per heavy atom. The Morgan fingerprint density at radius 2 is 1.55 bits per heavy atom. The van der Waals surface area contributed by atoms with Crippen LogP contribution in [0.1, 0.15) is 18.9 Å². The number of hydrogen-bond donors (Lipinski definition) is 2. The number of aryl methyl sites for hydroxylation is 3. The Morgan fingerprint density at radius 1 is 0.931 bits per heavy atom. The second-order valence-electron chi connectivity index (χ2n) is 6.62. The zero-order valence-electron chi connectivity index (χ0n) is 16.5. The van der Waals surface area contributed by atoms with E-state index >= 15 is 0 Å². The Balaban J connectivity index is 1.50. The minimum Gasteiger partial charge on any atom is -0.292 e. The van der Waals surface area contributed by atoms with E-state index in [4.69, 9.17) is 0 Å². The molecule has 0 atom stereocenters. The molecule has 1 aromatic heterocycles. The van der Waals surface area contributed by atoms with Gasteiger partial charge in [0.25, 0.3) is 0 Å². The summed E-state index contributed by atoms with van der Waals surface area (Å²) in [5, 5.41) is 0. The van der Waals surface area contributed by atoms with Crippen molar-refractivity contribution in [1.29, 1.82) is 0 Å². The molecule has 3 rings (SSSR count). The summed E-state index contributed by atoms with van der Waals surface area (Å²) < 4.78 is 3.27. The maximum Gasteiger partial charge on any atom is 0.329 e. The first kappa shape index (κ1) is 20.7. The molecule has 0 bridgehead atoms. The van der Waals surface area contributed by atoms with Crippen molar-refractivity contribution in [3.8, 4) is 0 Å². The molecule has 8 heteroatoms. The molecular formula is C21H24N4O3S. The van der Waals surface area contributed by atoms with Gasteiger partial charge in [-0.05, 0) is 38.1 Å². The van der Waals surface area contributed by atoms with Crippen molar-refractivity contribution in [3.05, 3.63) is 64.6 Å². The highest BCUT2D eigenvalue weighted by atomic mass is 32.2. The molecule has 0 spiro atoms. The summed E-state index contributed by atoms with van der Waals surface area (Å²) in [5.74, 6) is -0.435. The number of carbonyl (C=O) groups is 2. The fourth-order valence-electron chi connectivity index (χ4n) is 3.03. The van der Waals surface area contributed by atoms with Crippen LogP contribution in [0.5, 0.6) is 0 Å². The SMILES string of the molecule is CCn1c(=O)n(CCC(=O)NNC(=O)CSc2ccc(C)cc2)c2ccccc21. The minimum absolute atomic E-state index is 0.0863. The Kier molecular flexibility index (Phi) is 6.77. The number of imidazole rings is 1. The molecule has 2 aromatic carbocycles. The van der Waals surface area contributed by atoms with Gasteiger partial charge in [0.1, 0.15) is 0 Å². The number of aromatic nitrogens is 2. The molecule has 29 heavy (non-hydrogen) atoms. The number of hydrazine groups is 1. The monoisotopic (exact) mass is 412 g/mol. The van der Waals surface area contributed by atoms with E-state index in [9.17, 15) is 14.4 Å². The van der Waals surface area contributed by atoms with Crippen molar-refractivity contribution in [2.24, 2.45) is 0 Å². The van der Waals surface area contributed by atoms with E-state index in [1.807, 2.05) is 62.4 Å². The minimum atomic E-state index is -0.348. The van der Waals surface area contributed by atoms with Crippen molar-refractivity contribution in [1.82, 2.24) is 20.0 Å². The molecule has 0 saturated heterocycles. The Hall–Kier alpha value is -3.00. The van der Waals surface area contributed by atoms with E-state index in [-0.39, 0.29) is 36.2 Å². The smallest absolute Gasteiger partial charge is 0.292 e. The predicted molar refractivity (Wildman–Crippen MR) is 115 cm³/mol. The van der Waals surface area contributed by atoms with E-state index in [2.05, 4.69) is 10.9 Å². The zero-order chi connectivity index (χ0) is 20.8. The van der Waals surface area contributed by atoms with Gasteiger partial charge < -0.3 is 0 Å². The number of benzene rings is 2. The third kappa shape index (κ3) is 5.08. The summed E-state index contributed by atoms with van der Waals surface area (Å²) in [7, 11) is 0. The van der Waals surface area contributed by atoms with Gasteiger partial charge in [0, 0.05) is 24.4 Å². The number of thioether (sulfide) groups is 1. The first-order valence-corrected chi connectivity index (χ1v) is 10.4. The van der Waals surface area contributed by atoms with Crippen LogP contribution in [0, 0.1) is 6.92 Å². The molecule has 0 fully saturated rings. The number of fused-ring (bicyclic) bond motifs is 1. The maximum absolute atomic E-state index is 12.6. The first-order valence-electron chi connectivity index (χ1n) is 9.44. The van der Waals surface area contributed by atoms with Crippen molar-refractivity contribution < 1.29 is 9.59 Å². The lowest BCUT2D eigenvalue weighted by atomic mass is 10.2. The van der Waals surface area contributed by atoms with E-state index in [1.165, 1.54) is 11.8 Å². The predicted octanol–water partition coefficient (Wildman–Crippen LogP) is 2.46. The van der Waals surface area contributed by atoms with E-state index < -0.39 is 0 Å². The number of nitrogens with one attached hydrogen (secondary N) is 2. The molecular weight excluding hydrogens is 388 g/mol. The highest BCUT2D eigenvalue weighted by Gasteiger charge is 2.13. The van der Waals surface area contributed by atoms with E-state index in [0.717, 1.165) is 21.5 Å². The first-order chi connectivity index (χ1) is 14.0. The Bertz CT molecular complexity index is 1070. The quantitative estimate of drug-likeness (QED) is 0.461. The summed E-state index contributed by atoms with van der Waals surface area (Å²) in [6.07, 6.45) is 0.0863. The molecule has 0 aliphatic carbocycles. The average molecular weight is 413 g/mol. The lowest BCUT2D eigenvalue weighted by Gasteiger charge is -2.08. The summed E-state index contributed by atoms with van der Waals surface area (Å²) in [6.45, 7) is 4.72. The van der Waals surface area contributed by atoms with Gasteiger partial charge in [0.2, 0.25) is 11.8 Å². The van der Waals surface area contributed by atoms with Gasteiger partial charge in [0.05, 0.1) is 16.8 Å². The molecule has 2 N–H and O–H groups in total. The summed E-state index contributed by atoms with van der Waals surface area (Å²) in [6, 6.07) is 15.4. The summed E-state index contributed by atoms with van der Waals surface area (Å²) in [4.78, 5) is 37.6. The van der Waals surface area contributed by atoms with Crippen LogP contribution in [0.25, 0.3) is 11.0 Å². The summed E-state index contributed by atoms with van der Waals surface area (Å²) >= 11 is 1.40. The third-order valence-electron chi connectivity index (χ3n) is 4.54. The second-order valence-corrected chi connectivity index (χ2v) is 7.66. The lowest BCUT2D eigenvalue weighted by molar-refractivity contribution is -0.127. The van der Waals surface area contributed by atoms with Crippen LogP contribution in [0.3, 0.4) is 0 Å². The second kappa shape index (κ2) is 9.47. The highest BCUT2D eigenvalue weighted by Crippen LogP contribution is 2.17. The number of carbonyl (C=O) groups excluding carboxylic acids is 2. The van der Waals surface area contributed by atoms with Gasteiger partial charge in [-0.2, -0.15) is 0 Å². The van der Waals surface area contributed by atoms with Gasteiger partial charge in [0.15, 0.2) is 0 Å². The van der Waals surface area contributed by atoms with Gasteiger partial charge in [-0.3, -0.25) is 29.6 Å². The molecule has 3 aromatic rings. The molecule has 0 saturated carbocycles. The highest BCUT2D eigenvalue weighted by molar-refractivity contribution is 8.00. The lowest BCUT2D eigenvalue weighted by Crippen LogP contribution is -2.43. The van der Waals surface area contributed by atoms with Crippen molar-refractivity contribution in [3.63, 3.8) is 0 Å². The van der Waals surface area contributed by atoms with Crippen LogP contribution in [0.2, 0.25) is 0 Å². The zero-order valence-corrected chi connectivity index (χ0v) is 17.3. The Labute approximate surface area is 173 Å². The molecule has 0 unspecified atom stereocenters. The van der Waals surface area contributed by atoms with Gasteiger partial charge in [-0.1, -0.05) is 29.8 Å². The molecule has 152 valence electrons. The average Bonchev–Trinajstić information content (AvgIpc) is 3.00. The largest absolute Gasteiger partial charge is 0.329 e. The number of para-hydroxylation sites is 2. The molecule has 0 radical (unpaired) electrons. The molecule has 1 heterocycles. The fraction of sp³-hybridized carbons (Fsp3) is 0.286. The van der Waals surface area contributed by atoms with Crippen LogP contribution in [-0.2, 0) is 22.7 Å². The van der Waals surface area contributed by atoms with E-state index in [1.54, 1.807) is 9.13 Å². The van der Waals surface area contributed by atoms with Crippen LogP contribution in [-0.4, -0.2) is 26.7 Å². The van der Waals surface area contributed by atoms with Crippen LogP contribution >= 0.6 is 11.8 Å². The standard InChI is InChI=1S/C21H24N4O3S/c1-3-24-17-6-4-5-7-18(17)25(21(24)28)13-12-19(26)22-23-20(27)14-29-16-10-8-15(2)9-11-16/h4-11H,3,12-14H2,1-2H3,(H,22,26)(H,23,27). The number of rotatable bonds is 7. The van der Waals surface area contributed by atoms with Gasteiger partial charge in [-0.15, -0.1) is 11.8 Å². The van der Waals surface area contributed by atoms with Crippen LogP contribution in [0.4, 0.5) is 0 Å². The van der Waals surface area contributed by atoms with Gasteiger partial charge in [-0.25, -0.2) is 4.79 Å². The molecule has 2 amide bonds. The number of nitrogens with zero attached hydrogens (tertiary/aromatic N) is 2. The van der Waals surface area contributed by atoms with Crippen molar-refractivity contribution >= 4 is 34.6 Å². The normalized spacial score (nSPS) is 10.8. The molecule has 7 nitrogen and oxygen atoms in total. The summed E-state index contributed by atoms with van der Waals surface area (Å²) in [5.41, 5.74) is 7.50. The van der Waals surface area contributed by atoms with Gasteiger partial charge >= 0.3 is 5.69 Å². The van der Waals surface area contributed by atoms with Crippen LogP contribution in [0.15, 0.2) is 58.2 Å².